The summed E-state index contributed by atoms with van der Waals surface area (Å²) >= 11 is 1.27. The number of aliphatic hydroxyl groups is 3. The van der Waals surface area contributed by atoms with Gasteiger partial charge in [-0.05, 0) is 61.2 Å². The van der Waals surface area contributed by atoms with Gasteiger partial charge in [0.25, 0.3) is 0 Å². The lowest BCUT2D eigenvalue weighted by molar-refractivity contribution is -0.209. The highest BCUT2D eigenvalue weighted by Crippen LogP contribution is 2.33. The first kappa shape index (κ1) is 31.6. The third kappa shape index (κ3) is 9.05. The summed E-state index contributed by atoms with van der Waals surface area (Å²) in [7, 11) is 1.92. The number of ether oxygens (including phenoxy) is 2. The van der Waals surface area contributed by atoms with E-state index in [0.717, 1.165) is 28.0 Å². The van der Waals surface area contributed by atoms with Crippen LogP contribution in [0, 0.1) is 24.5 Å². The predicted molar refractivity (Wildman–Crippen MR) is 158 cm³/mol. The van der Waals surface area contributed by atoms with E-state index < -0.39 is 30.5 Å². The molecule has 0 aromatic heterocycles. The molecular formula is C31H40N2O6S. The number of benzene rings is 2. The number of likely N-dealkylation sites (N-methyl/N-ethyl adjacent to an activating group) is 1. The molecule has 0 bridgehead atoms. The van der Waals surface area contributed by atoms with E-state index in [-0.39, 0.29) is 5.91 Å². The Labute approximate surface area is 240 Å². The lowest BCUT2D eigenvalue weighted by Crippen LogP contribution is -2.53. The number of nitrogens with zero attached hydrogens (tertiary/aromatic N) is 1. The van der Waals surface area contributed by atoms with E-state index in [1.807, 2.05) is 61.3 Å². The molecule has 1 heterocycles. The number of carbonyl (C=O) groups excluding carboxylic acids is 1. The summed E-state index contributed by atoms with van der Waals surface area (Å²) in [6.07, 6.45) is 3.34. The van der Waals surface area contributed by atoms with Gasteiger partial charge in [0.05, 0.1) is 13.2 Å². The van der Waals surface area contributed by atoms with Crippen LogP contribution in [-0.2, 0) is 16.0 Å². The van der Waals surface area contributed by atoms with Crippen LogP contribution in [0.1, 0.15) is 41.2 Å². The Bertz CT molecular complexity index is 1220. The molecule has 9 heteroatoms. The van der Waals surface area contributed by atoms with E-state index in [4.69, 9.17) is 15.9 Å². The quantitative estimate of drug-likeness (QED) is 0.230. The number of rotatable bonds is 12. The normalized spacial score (nSPS) is 22.3. The first-order valence-corrected chi connectivity index (χ1v) is 14.6. The molecule has 0 saturated carbocycles. The van der Waals surface area contributed by atoms with Gasteiger partial charge in [0.2, 0.25) is 5.91 Å². The van der Waals surface area contributed by atoms with Crippen LogP contribution >= 0.6 is 11.2 Å². The topological polar surface area (TPSA) is 111 Å². The van der Waals surface area contributed by atoms with Gasteiger partial charge in [0.1, 0.15) is 36.3 Å². The zero-order chi connectivity index (χ0) is 29.1. The van der Waals surface area contributed by atoms with Crippen LogP contribution in [0.25, 0.3) is 0 Å². The maximum absolute atomic E-state index is 12.0. The average Bonchev–Trinajstić information content (AvgIpc) is 2.94. The summed E-state index contributed by atoms with van der Waals surface area (Å²) in [6, 6.07) is 13.7. The summed E-state index contributed by atoms with van der Waals surface area (Å²) in [5.74, 6) is 3.31. The zero-order valence-corrected chi connectivity index (χ0v) is 24.2. The maximum Gasteiger partial charge on any atom is 0.220 e. The first-order valence-electron chi connectivity index (χ1n) is 13.4. The van der Waals surface area contributed by atoms with Crippen molar-refractivity contribution in [3.8, 4) is 23.3 Å². The Hall–Kier alpha value is -2.93. The molecule has 1 amide bonds. The van der Waals surface area contributed by atoms with E-state index >= 15 is 0 Å². The van der Waals surface area contributed by atoms with E-state index in [9.17, 15) is 20.1 Å². The number of hydrogen-bond acceptors (Lipinski definition) is 7. The molecular weight excluding hydrogens is 528 g/mol. The molecule has 216 valence electrons. The number of hydrogen-bond donors (Lipinski definition) is 4. The minimum absolute atomic E-state index is 0.00137. The van der Waals surface area contributed by atoms with Gasteiger partial charge in [-0.25, -0.2) is 0 Å². The molecule has 0 radical (unpaired) electrons. The van der Waals surface area contributed by atoms with E-state index in [1.165, 1.54) is 11.2 Å². The second-order valence-electron chi connectivity index (χ2n) is 10.0. The fourth-order valence-electron chi connectivity index (χ4n) is 4.48. The highest BCUT2D eigenvalue weighted by Gasteiger charge is 2.43. The van der Waals surface area contributed by atoms with Crippen molar-refractivity contribution in [1.29, 1.82) is 0 Å². The minimum Gasteiger partial charge on any atom is -0.494 e. The predicted octanol–water partition coefficient (Wildman–Crippen LogP) is 2.27. The molecule has 3 rings (SSSR count). The van der Waals surface area contributed by atoms with Crippen LogP contribution < -0.4 is 10.1 Å². The smallest absolute Gasteiger partial charge is 0.220 e. The maximum atomic E-state index is 12.0. The van der Waals surface area contributed by atoms with Crippen molar-refractivity contribution < 1.29 is 29.6 Å². The van der Waals surface area contributed by atoms with E-state index in [2.05, 4.69) is 16.4 Å². The van der Waals surface area contributed by atoms with E-state index in [0.29, 0.717) is 45.5 Å². The fourth-order valence-corrected chi connectivity index (χ4v) is 4.91. The average molecular weight is 569 g/mol. The number of nitrogens with one attached hydrogen (secondary N) is 1. The molecule has 1 aliphatic rings. The number of aryl methyl sites for hydroxylation is 1. The molecule has 0 aliphatic carbocycles. The molecule has 2 aromatic rings. The van der Waals surface area contributed by atoms with Crippen molar-refractivity contribution in [3.05, 3.63) is 64.7 Å². The van der Waals surface area contributed by atoms with Gasteiger partial charge in [-0.1, -0.05) is 41.4 Å². The molecule has 0 spiro atoms. The standard InChI is InChI=1S/C31H40N2O6S/c1-5-15-33(3)16-14-32-27(34)7-6-17-38-25-12-9-22(10-13-25)18-24-19-23(11-8-21(24)2)31-30(37)29(36)28(35)26(39-31)20-40-4/h1,8-13,19,26,28-31,35-37H,6-7,14-18H2,2-4H3,(H,32,34)/t26?,28-,29+,30-,31+/m1/s1. The minimum atomic E-state index is -1.33. The highest BCUT2D eigenvalue weighted by atomic mass is 32.1. The molecule has 5 atom stereocenters. The van der Waals surface area contributed by atoms with Gasteiger partial charge in [-0.3, -0.25) is 9.69 Å². The van der Waals surface area contributed by atoms with Crippen molar-refractivity contribution in [3.63, 3.8) is 0 Å². The van der Waals surface area contributed by atoms with E-state index in [1.54, 1.807) is 6.26 Å². The third-order valence-electron chi connectivity index (χ3n) is 6.86. The molecule has 2 aromatic carbocycles. The van der Waals surface area contributed by atoms with Crippen molar-refractivity contribution >= 4 is 17.1 Å². The van der Waals surface area contributed by atoms with Gasteiger partial charge in [0.15, 0.2) is 0 Å². The largest absolute Gasteiger partial charge is 0.494 e. The summed E-state index contributed by atoms with van der Waals surface area (Å²) in [5, 5.41) is 37.0. The van der Waals surface area contributed by atoms with Crippen LogP contribution in [0.5, 0.6) is 5.75 Å². The molecule has 1 saturated heterocycles. The Balaban J connectivity index is 1.51. The Morgan fingerprint density at radius 1 is 1.15 bits per heavy atom. The van der Waals surface area contributed by atoms with Crippen molar-refractivity contribution in [2.45, 2.75) is 56.7 Å². The number of aliphatic hydroxyl groups excluding tert-OH is 3. The van der Waals surface area contributed by atoms with Crippen molar-refractivity contribution in [2.24, 2.45) is 0 Å². The zero-order valence-electron chi connectivity index (χ0n) is 23.4. The summed E-state index contributed by atoms with van der Waals surface area (Å²) in [6.45, 7) is 4.31. The summed E-state index contributed by atoms with van der Waals surface area (Å²) < 4.78 is 11.7. The second kappa shape index (κ2) is 15.8. The second-order valence-corrected chi connectivity index (χ2v) is 10.7. The van der Waals surface area contributed by atoms with Crippen LogP contribution in [0.4, 0.5) is 0 Å². The van der Waals surface area contributed by atoms with Gasteiger partial charge >= 0.3 is 0 Å². The van der Waals surface area contributed by atoms with Crippen molar-refractivity contribution in [2.75, 3.05) is 39.5 Å². The van der Waals surface area contributed by atoms with Crippen LogP contribution in [0.15, 0.2) is 42.5 Å². The monoisotopic (exact) mass is 568 g/mol. The van der Waals surface area contributed by atoms with Gasteiger partial charge in [-0.2, -0.15) is 0 Å². The third-order valence-corrected chi connectivity index (χ3v) is 7.33. The Kier molecular flexibility index (Phi) is 12.4. The lowest BCUT2D eigenvalue weighted by Gasteiger charge is -2.39. The Morgan fingerprint density at radius 3 is 2.60 bits per heavy atom. The van der Waals surface area contributed by atoms with Gasteiger partial charge < -0.3 is 30.1 Å². The summed E-state index contributed by atoms with van der Waals surface area (Å²) in [4.78, 5) is 14.0. The van der Waals surface area contributed by atoms with Gasteiger partial charge in [-0.15, -0.1) is 17.6 Å². The first-order chi connectivity index (χ1) is 19.2. The SMILES string of the molecule is C#CCN(C)CCNC(=O)CCCOc1ccc(Cc2cc([C@@H]3OC(C#SC)[C@@H](O)[C@H](O)[C@H]3O)ccc2C)cc1. The summed E-state index contributed by atoms with van der Waals surface area (Å²) in [5.41, 5.74) is 3.97. The molecule has 1 unspecified atom stereocenters. The van der Waals surface area contributed by atoms with Crippen LogP contribution in [-0.4, -0.2) is 90.1 Å². The number of terminal acetylenes is 1. The van der Waals surface area contributed by atoms with Gasteiger partial charge in [0, 0.05) is 25.8 Å². The van der Waals surface area contributed by atoms with Crippen LogP contribution in [0.3, 0.4) is 0 Å². The molecule has 40 heavy (non-hydrogen) atoms. The number of carbonyl (C=O) groups is 1. The van der Waals surface area contributed by atoms with Crippen molar-refractivity contribution in [1.82, 2.24) is 10.2 Å². The lowest BCUT2D eigenvalue weighted by atomic mass is 9.89. The fraction of sp³-hybridized carbons (Fsp3) is 0.484. The molecule has 1 fully saturated rings. The molecule has 8 nitrogen and oxygen atoms in total. The molecule has 4 N–H and O–H groups in total. The highest BCUT2D eigenvalue weighted by molar-refractivity contribution is 7.87. The molecule has 1 aliphatic heterocycles. The number of amides is 1. The Morgan fingerprint density at radius 2 is 1.90 bits per heavy atom. The van der Waals surface area contributed by atoms with Crippen LogP contribution in [0.2, 0.25) is 0 Å².